The summed E-state index contributed by atoms with van der Waals surface area (Å²) in [6, 6.07) is 3.22. The molecule has 5 nitrogen and oxygen atoms in total. The number of carbonyl (C=O) groups is 1. The molecule has 0 fully saturated rings. The molecule has 112 valence electrons. The summed E-state index contributed by atoms with van der Waals surface area (Å²) >= 11 is 12.0. The zero-order valence-electron chi connectivity index (χ0n) is 11.7. The van der Waals surface area contributed by atoms with Gasteiger partial charge < -0.3 is 21.1 Å². The van der Waals surface area contributed by atoms with E-state index in [9.17, 15) is 4.79 Å². The number of rotatable bonds is 4. The fourth-order valence-corrected chi connectivity index (χ4v) is 2.07. The van der Waals surface area contributed by atoms with Crippen LogP contribution in [0.1, 0.15) is 20.8 Å². The third-order valence-corrected chi connectivity index (χ3v) is 2.76. The Kier molecular flexibility index (Phi) is 5.77. The SMILES string of the molecule is CC(C)(C)OC(=O)NCCNc1c(Cl)cc(N)cc1Cl. The van der Waals surface area contributed by atoms with Crippen molar-refractivity contribution >= 4 is 40.7 Å². The van der Waals surface area contributed by atoms with Gasteiger partial charge in [0.15, 0.2) is 0 Å². The Balaban J connectivity index is 2.41. The van der Waals surface area contributed by atoms with Crippen LogP contribution in [-0.2, 0) is 4.74 Å². The van der Waals surface area contributed by atoms with Gasteiger partial charge in [0.1, 0.15) is 5.60 Å². The Morgan fingerprint density at radius 2 is 1.80 bits per heavy atom. The van der Waals surface area contributed by atoms with Gasteiger partial charge in [-0.2, -0.15) is 0 Å². The van der Waals surface area contributed by atoms with Gasteiger partial charge in [-0.15, -0.1) is 0 Å². The smallest absolute Gasteiger partial charge is 0.407 e. The molecule has 4 N–H and O–H groups in total. The van der Waals surface area contributed by atoms with Gasteiger partial charge in [-0.05, 0) is 32.9 Å². The number of anilines is 2. The van der Waals surface area contributed by atoms with E-state index in [2.05, 4.69) is 10.6 Å². The van der Waals surface area contributed by atoms with Crippen molar-refractivity contribution in [1.29, 1.82) is 0 Å². The fraction of sp³-hybridized carbons (Fsp3) is 0.462. The van der Waals surface area contributed by atoms with Crippen molar-refractivity contribution in [3.63, 3.8) is 0 Å². The van der Waals surface area contributed by atoms with E-state index in [0.717, 1.165) is 0 Å². The van der Waals surface area contributed by atoms with Gasteiger partial charge in [-0.3, -0.25) is 0 Å². The Labute approximate surface area is 128 Å². The molecule has 0 aliphatic rings. The van der Waals surface area contributed by atoms with Crippen molar-refractivity contribution in [2.45, 2.75) is 26.4 Å². The number of nitrogens with two attached hydrogens (primary N) is 1. The van der Waals surface area contributed by atoms with Gasteiger partial charge in [-0.25, -0.2) is 4.79 Å². The van der Waals surface area contributed by atoms with Crippen LogP contribution in [0.25, 0.3) is 0 Å². The Morgan fingerprint density at radius 3 is 2.30 bits per heavy atom. The van der Waals surface area contributed by atoms with Crippen LogP contribution in [0.3, 0.4) is 0 Å². The number of nitrogens with one attached hydrogen (secondary N) is 2. The Hall–Kier alpha value is -1.33. The topological polar surface area (TPSA) is 76.4 Å². The first-order chi connectivity index (χ1) is 9.19. The van der Waals surface area contributed by atoms with Crippen molar-refractivity contribution in [2.24, 2.45) is 0 Å². The third-order valence-electron chi connectivity index (χ3n) is 2.16. The lowest BCUT2D eigenvalue weighted by Crippen LogP contribution is -2.35. The van der Waals surface area contributed by atoms with Gasteiger partial charge in [0.25, 0.3) is 0 Å². The maximum atomic E-state index is 11.4. The monoisotopic (exact) mass is 319 g/mol. The minimum atomic E-state index is -0.513. The number of nitrogen functional groups attached to an aromatic ring is 1. The van der Waals surface area contributed by atoms with Gasteiger partial charge in [0, 0.05) is 18.8 Å². The zero-order valence-corrected chi connectivity index (χ0v) is 13.2. The molecule has 0 radical (unpaired) electrons. The molecular weight excluding hydrogens is 301 g/mol. The van der Waals surface area contributed by atoms with Crippen molar-refractivity contribution in [1.82, 2.24) is 5.32 Å². The highest BCUT2D eigenvalue weighted by Gasteiger charge is 2.15. The van der Waals surface area contributed by atoms with Gasteiger partial charge in [0.2, 0.25) is 0 Å². The molecule has 1 amide bonds. The number of alkyl carbamates (subject to hydrolysis) is 1. The molecule has 20 heavy (non-hydrogen) atoms. The Bertz CT molecular complexity index is 464. The van der Waals surface area contributed by atoms with Crippen molar-refractivity contribution in [3.8, 4) is 0 Å². The van der Waals surface area contributed by atoms with Crippen LogP contribution in [0.2, 0.25) is 10.0 Å². The largest absolute Gasteiger partial charge is 0.444 e. The van der Waals surface area contributed by atoms with Crippen LogP contribution >= 0.6 is 23.2 Å². The summed E-state index contributed by atoms with van der Waals surface area (Å²) in [6.45, 7) is 6.25. The normalized spacial score (nSPS) is 11.1. The lowest BCUT2D eigenvalue weighted by molar-refractivity contribution is 0.0530. The van der Waals surface area contributed by atoms with E-state index in [1.54, 1.807) is 32.9 Å². The third kappa shape index (κ3) is 5.75. The van der Waals surface area contributed by atoms with E-state index < -0.39 is 11.7 Å². The maximum absolute atomic E-state index is 11.4. The molecule has 0 aliphatic carbocycles. The fourth-order valence-electron chi connectivity index (χ4n) is 1.43. The molecule has 1 aromatic rings. The van der Waals surface area contributed by atoms with Crippen LogP contribution in [0.15, 0.2) is 12.1 Å². The molecule has 0 unspecified atom stereocenters. The number of hydrogen-bond acceptors (Lipinski definition) is 4. The van der Waals surface area contributed by atoms with E-state index in [-0.39, 0.29) is 0 Å². The summed E-state index contributed by atoms with van der Waals surface area (Å²) in [4.78, 5) is 11.4. The summed E-state index contributed by atoms with van der Waals surface area (Å²) < 4.78 is 5.11. The maximum Gasteiger partial charge on any atom is 0.407 e. The number of hydrogen-bond donors (Lipinski definition) is 3. The highest BCUT2D eigenvalue weighted by Crippen LogP contribution is 2.32. The average Bonchev–Trinajstić information content (AvgIpc) is 2.23. The van der Waals surface area contributed by atoms with Crippen LogP contribution in [-0.4, -0.2) is 24.8 Å². The van der Waals surface area contributed by atoms with E-state index >= 15 is 0 Å². The van der Waals surface area contributed by atoms with Crippen LogP contribution in [0.5, 0.6) is 0 Å². The molecule has 0 aliphatic heterocycles. The second-order valence-electron chi connectivity index (χ2n) is 5.21. The van der Waals surface area contributed by atoms with E-state index in [4.69, 9.17) is 33.7 Å². The first kappa shape index (κ1) is 16.7. The summed E-state index contributed by atoms with van der Waals surface area (Å²) in [5.41, 5.74) is 6.19. The number of carbonyl (C=O) groups excluding carboxylic acids is 1. The number of benzene rings is 1. The molecule has 0 atom stereocenters. The second-order valence-corrected chi connectivity index (χ2v) is 6.03. The zero-order chi connectivity index (χ0) is 15.3. The summed E-state index contributed by atoms with van der Waals surface area (Å²) in [6.07, 6.45) is -0.464. The molecular formula is C13H19Cl2N3O2. The molecule has 0 saturated heterocycles. The van der Waals surface area contributed by atoms with Crippen molar-refractivity contribution < 1.29 is 9.53 Å². The number of ether oxygens (including phenoxy) is 1. The molecule has 0 heterocycles. The van der Waals surface area contributed by atoms with E-state index in [1.807, 2.05) is 0 Å². The molecule has 7 heteroatoms. The highest BCUT2D eigenvalue weighted by atomic mass is 35.5. The Morgan fingerprint density at radius 1 is 1.25 bits per heavy atom. The van der Waals surface area contributed by atoms with Crippen LogP contribution < -0.4 is 16.4 Å². The van der Waals surface area contributed by atoms with E-state index in [1.165, 1.54) is 0 Å². The molecule has 0 aromatic heterocycles. The average molecular weight is 320 g/mol. The molecule has 1 aromatic carbocycles. The summed E-state index contributed by atoms with van der Waals surface area (Å²) in [5.74, 6) is 0. The van der Waals surface area contributed by atoms with Crippen LogP contribution in [0, 0.1) is 0 Å². The predicted molar refractivity (Wildman–Crippen MR) is 83.6 cm³/mol. The number of halogens is 2. The predicted octanol–water partition coefficient (Wildman–Crippen LogP) is 3.51. The molecule has 0 saturated carbocycles. The van der Waals surface area contributed by atoms with Gasteiger partial charge in [-0.1, -0.05) is 23.2 Å². The minimum Gasteiger partial charge on any atom is -0.444 e. The lowest BCUT2D eigenvalue weighted by atomic mass is 10.2. The van der Waals surface area contributed by atoms with Crippen LogP contribution in [0.4, 0.5) is 16.2 Å². The number of amides is 1. The first-order valence-electron chi connectivity index (χ1n) is 6.14. The highest BCUT2D eigenvalue weighted by molar-refractivity contribution is 6.39. The van der Waals surface area contributed by atoms with Gasteiger partial charge >= 0.3 is 6.09 Å². The lowest BCUT2D eigenvalue weighted by Gasteiger charge is -2.19. The molecule has 0 spiro atoms. The first-order valence-corrected chi connectivity index (χ1v) is 6.90. The van der Waals surface area contributed by atoms with Crippen molar-refractivity contribution in [2.75, 3.05) is 24.1 Å². The standard InChI is InChI=1S/C13H19Cl2N3O2/c1-13(2,3)20-12(19)18-5-4-17-11-9(14)6-8(16)7-10(11)15/h6-7,17H,4-5,16H2,1-3H3,(H,18,19). The molecule has 0 bridgehead atoms. The van der Waals surface area contributed by atoms with Crippen molar-refractivity contribution in [3.05, 3.63) is 22.2 Å². The van der Waals surface area contributed by atoms with Gasteiger partial charge in [0.05, 0.1) is 15.7 Å². The van der Waals surface area contributed by atoms with E-state index in [0.29, 0.717) is 34.5 Å². The molecule has 1 rings (SSSR count). The quantitative estimate of drug-likeness (QED) is 0.586. The summed E-state index contributed by atoms with van der Waals surface area (Å²) in [7, 11) is 0. The summed E-state index contributed by atoms with van der Waals surface area (Å²) in [5, 5.41) is 6.54. The second kappa shape index (κ2) is 6.90. The minimum absolute atomic E-state index is 0.381.